The van der Waals surface area contributed by atoms with Crippen molar-refractivity contribution in [2.24, 2.45) is 0 Å². The smallest absolute Gasteiger partial charge is 0.257 e. The Morgan fingerprint density at radius 1 is 1.48 bits per heavy atom. The highest BCUT2D eigenvalue weighted by Gasteiger charge is 2.06. The van der Waals surface area contributed by atoms with Crippen molar-refractivity contribution in [2.45, 2.75) is 26.4 Å². The topological polar surface area (TPSA) is 71.3 Å². The van der Waals surface area contributed by atoms with Crippen LogP contribution in [0.1, 0.15) is 25.8 Å². The summed E-state index contributed by atoms with van der Waals surface area (Å²) in [6, 6.07) is 6.63. The number of halogens is 1. The molecule has 1 amide bonds. The van der Waals surface area contributed by atoms with E-state index in [0.29, 0.717) is 29.5 Å². The Morgan fingerprint density at radius 2 is 2.24 bits per heavy atom. The van der Waals surface area contributed by atoms with Crippen LogP contribution in [-0.2, 0) is 9.53 Å². The average Bonchev–Trinajstić information content (AvgIpc) is 2.45. The predicted octanol–water partition coefficient (Wildman–Crippen LogP) is 2.52. The van der Waals surface area contributed by atoms with Gasteiger partial charge in [0.05, 0.1) is 22.8 Å². The maximum Gasteiger partial charge on any atom is 0.257 e. The van der Waals surface area contributed by atoms with Crippen LogP contribution in [0.2, 0.25) is 5.02 Å². The Morgan fingerprint density at radius 3 is 2.86 bits per heavy atom. The molecular formula is C15H19ClN2O3. The fraction of sp³-hybridized carbons (Fsp3) is 0.467. The van der Waals surface area contributed by atoms with Gasteiger partial charge in [-0.1, -0.05) is 11.6 Å². The predicted molar refractivity (Wildman–Crippen MR) is 80.4 cm³/mol. The highest BCUT2D eigenvalue weighted by molar-refractivity contribution is 6.32. The van der Waals surface area contributed by atoms with E-state index in [1.54, 1.807) is 12.1 Å². The molecule has 0 bridgehead atoms. The first-order valence-corrected chi connectivity index (χ1v) is 7.11. The number of nitriles is 1. The molecule has 1 N–H and O–H groups in total. The van der Waals surface area contributed by atoms with Crippen LogP contribution >= 0.6 is 11.6 Å². The van der Waals surface area contributed by atoms with Crippen molar-refractivity contribution in [2.75, 3.05) is 19.8 Å². The minimum atomic E-state index is -0.222. The van der Waals surface area contributed by atoms with Crippen LogP contribution in [0.4, 0.5) is 0 Å². The summed E-state index contributed by atoms with van der Waals surface area (Å²) in [7, 11) is 0. The number of nitrogens with one attached hydrogen (secondary N) is 1. The maximum absolute atomic E-state index is 11.6. The molecule has 0 heterocycles. The molecule has 1 aromatic rings. The van der Waals surface area contributed by atoms with Crippen molar-refractivity contribution in [1.82, 2.24) is 5.32 Å². The fourth-order valence-corrected chi connectivity index (χ4v) is 1.74. The number of nitrogens with zero attached hydrogens (tertiary/aromatic N) is 1. The van der Waals surface area contributed by atoms with E-state index in [1.807, 2.05) is 19.9 Å². The molecule has 1 aromatic carbocycles. The van der Waals surface area contributed by atoms with E-state index < -0.39 is 0 Å². The lowest BCUT2D eigenvalue weighted by atomic mass is 10.2. The fourth-order valence-electron chi connectivity index (χ4n) is 1.50. The van der Waals surface area contributed by atoms with Crippen LogP contribution < -0.4 is 10.1 Å². The molecule has 0 aliphatic heterocycles. The van der Waals surface area contributed by atoms with Crippen LogP contribution in [0.25, 0.3) is 0 Å². The number of rotatable bonds is 8. The monoisotopic (exact) mass is 310 g/mol. The van der Waals surface area contributed by atoms with Crippen molar-refractivity contribution in [3.05, 3.63) is 28.8 Å². The van der Waals surface area contributed by atoms with E-state index in [2.05, 4.69) is 5.32 Å². The van der Waals surface area contributed by atoms with Gasteiger partial charge in [0.2, 0.25) is 0 Å². The Bertz CT molecular complexity index is 512. The number of benzene rings is 1. The molecule has 0 spiro atoms. The van der Waals surface area contributed by atoms with Crippen molar-refractivity contribution in [1.29, 1.82) is 5.26 Å². The first kappa shape index (κ1) is 17.3. The largest absolute Gasteiger partial charge is 0.482 e. The number of ether oxygens (including phenoxy) is 2. The standard InChI is InChI=1S/C15H19ClN2O3/c1-11(2)20-7-3-6-18-15(19)10-21-14-5-4-12(9-17)8-13(14)16/h4-5,8,11H,3,6-7,10H2,1-2H3,(H,18,19). The van der Waals surface area contributed by atoms with Gasteiger partial charge in [0.15, 0.2) is 6.61 Å². The molecule has 0 saturated heterocycles. The van der Waals surface area contributed by atoms with Gasteiger partial charge in [-0.15, -0.1) is 0 Å². The van der Waals surface area contributed by atoms with Crippen molar-refractivity contribution >= 4 is 17.5 Å². The third kappa shape index (κ3) is 6.98. The van der Waals surface area contributed by atoms with Gasteiger partial charge in [-0.2, -0.15) is 5.26 Å². The summed E-state index contributed by atoms with van der Waals surface area (Å²) in [6.07, 6.45) is 0.948. The maximum atomic E-state index is 11.6. The summed E-state index contributed by atoms with van der Waals surface area (Å²) in [5, 5.41) is 11.8. The van der Waals surface area contributed by atoms with E-state index in [1.165, 1.54) is 6.07 Å². The molecular weight excluding hydrogens is 292 g/mol. The zero-order valence-corrected chi connectivity index (χ0v) is 12.9. The third-order valence-corrected chi connectivity index (χ3v) is 2.81. The molecule has 0 radical (unpaired) electrons. The summed E-state index contributed by atoms with van der Waals surface area (Å²) in [4.78, 5) is 11.6. The van der Waals surface area contributed by atoms with E-state index in [9.17, 15) is 4.79 Å². The molecule has 5 nitrogen and oxygen atoms in total. The molecule has 0 aromatic heterocycles. The lowest BCUT2D eigenvalue weighted by molar-refractivity contribution is -0.123. The molecule has 0 aliphatic rings. The summed E-state index contributed by atoms with van der Waals surface area (Å²) < 4.78 is 10.7. The molecule has 114 valence electrons. The van der Waals surface area contributed by atoms with Crippen LogP contribution in [-0.4, -0.2) is 31.8 Å². The summed E-state index contributed by atoms with van der Waals surface area (Å²) in [6.45, 7) is 4.97. The molecule has 6 heteroatoms. The number of hydrogen-bond acceptors (Lipinski definition) is 4. The molecule has 0 unspecified atom stereocenters. The van der Waals surface area contributed by atoms with Gasteiger partial charge in [0.1, 0.15) is 5.75 Å². The van der Waals surface area contributed by atoms with E-state index >= 15 is 0 Å². The highest BCUT2D eigenvalue weighted by atomic mass is 35.5. The van der Waals surface area contributed by atoms with Crippen molar-refractivity contribution in [3.8, 4) is 11.8 Å². The number of carbonyl (C=O) groups is 1. The quantitative estimate of drug-likeness (QED) is 0.749. The third-order valence-electron chi connectivity index (χ3n) is 2.51. The van der Waals surface area contributed by atoms with Gasteiger partial charge in [-0.25, -0.2) is 0 Å². The Labute approximate surface area is 129 Å². The lowest BCUT2D eigenvalue weighted by Crippen LogP contribution is -2.30. The normalized spacial score (nSPS) is 10.2. The van der Waals surface area contributed by atoms with Crippen LogP contribution in [0.3, 0.4) is 0 Å². The Kier molecular flexibility index (Phi) is 7.59. The van der Waals surface area contributed by atoms with E-state index in [0.717, 1.165) is 6.42 Å². The zero-order valence-electron chi connectivity index (χ0n) is 12.2. The minimum absolute atomic E-state index is 0.114. The summed E-state index contributed by atoms with van der Waals surface area (Å²) in [5.74, 6) is 0.161. The Balaban J connectivity index is 2.26. The molecule has 0 saturated carbocycles. The molecule has 0 atom stereocenters. The summed E-state index contributed by atoms with van der Waals surface area (Å²) in [5.41, 5.74) is 0.446. The molecule has 1 rings (SSSR count). The first-order valence-electron chi connectivity index (χ1n) is 6.73. The number of amides is 1. The molecule has 0 aliphatic carbocycles. The second-order valence-corrected chi connectivity index (χ2v) is 5.08. The van der Waals surface area contributed by atoms with Gasteiger partial charge in [-0.3, -0.25) is 4.79 Å². The van der Waals surface area contributed by atoms with E-state index in [4.69, 9.17) is 26.3 Å². The zero-order chi connectivity index (χ0) is 15.7. The molecule has 21 heavy (non-hydrogen) atoms. The highest BCUT2D eigenvalue weighted by Crippen LogP contribution is 2.24. The van der Waals surface area contributed by atoms with Crippen LogP contribution in [0, 0.1) is 11.3 Å². The Hall–Kier alpha value is -1.77. The number of hydrogen-bond donors (Lipinski definition) is 1. The second kappa shape index (κ2) is 9.22. The molecule has 0 fully saturated rings. The SMILES string of the molecule is CC(C)OCCCNC(=O)COc1ccc(C#N)cc1Cl. The minimum Gasteiger partial charge on any atom is -0.482 e. The van der Waals surface area contributed by atoms with Gasteiger partial charge >= 0.3 is 0 Å². The van der Waals surface area contributed by atoms with Crippen molar-refractivity contribution < 1.29 is 14.3 Å². The van der Waals surface area contributed by atoms with Gasteiger partial charge in [0, 0.05) is 13.2 Å². The van der Waals surface area contributed by atoms with Crippen LogP contribution in [0.15, 0.2) is 18.2 Å². The first-order chi connectivity index (χ1) is 10.0. The average molecular weight is 311 g/mol. The second-order valence-electron chi connectivity index (χ2n) is 4.67. The van der Waals surface area contributed by atoms with Gasteiger partial charge in [0.25, 0.3) is 5.91 Å². The number of carbonyl (C=O) groups excluding carboxylic acids is 1. The summed E-state index contributed by atoms with van der Waals surface area (Å²) >= 11 is 5.94. The van der Waals surface area contributed by atoms with Crippen molar-refractivity contribution in [3.63, 3.8) is 0 Å². The van der Waals surface area contributed by atoms with E-state index in [-0.39, 0.29) is 18.6 Å². The van der Waals surface area contributed by atoms with Gasteiger partial charge < -0.3 is 14.8 Å². The lowest BCUT2D eigenvalue weighted by Gasteiger charge is -2.10. The van der Waals surface area contributed by atoms with Crippen LogP contribution in [0.5, 0.6) is 5.75 Å². The van der Waals surface area contributed by atoms with Gasteiger partial charge in [-0.05, 0) is 38.5 Å².